The lowest BCUT2D eigenvalue weighted by atomic mass is 10.1. The van der Waals surface area contributed by atoms with Crippen LogP contribution in [0.25, 0.3) is 10.2 Å². The molecule has 0 radical (unpaired) electrons. The summed E-state index contributed by atoms with van der Waals surface area (Å²) in [7, 11) is 1.67. The number of halogens is 1. The number of aromatic amines is 1. The van der Waals surface area contributed by atoms with Crippen LogP contribution in [0.5, 0.6) is 0 Å². The Morgan fingerprint density at radius 3 is 2.92 bits per heavy atom. The topological polar surface area (TPSA) is 92.1 Å². The first-order valence-corrected chi connectivity index (χ1v) is 7.90. The Hall–Kier alpha value is -2.65. The fraction of sp³-hybridized carbons (Fsp3) is 0.200. The van der Waals surface area contributed by atoms with Crippen LogP contribution in [0.1, 0.15) is 11.4 Å². The summed E-state index contributed by atoms with van der Waals surface area (Å²) in [5, 5.41) is 12.8. The Balaban J connectivity index is 1.84. The summed E-state index contributed by atoms with van der Waals surface area (Å²) >= 11 is 1.31. The lowest BCUT2D eigenvalue weighted by Crippen LogP contribution is -2.22. The van der Waals surface area contributed by atoms with Gasteiger partial charge in [0.25, 0.3) is 11.2 Å². The zero-order valence-electron chi connectivity index (χ0n) is 12.7. The minimum absolute atomic E-state index is 0.00367. The van der Waals surface area contributed by atoms with E-state index in [0.717, 1.165) is 0 Å². The number of aromatic nitrogens is 2. The van der Waals surface area contributed by atoms with Crippen LogP contribution in [-0.4, -0.2) is 26.8 Å². The number of nitrogens with one attached hydrogen (secondary N) is 1. The summed E-state index contributed by atoms with van der Waals surface area (Å²) in [6.07, 6.45) is 0. The summed E-state index contributed by atoms with van der Waals surface area (Å²) in [4.78, 5) is 31.1. The Labute approximate surface area is 139 Å². The van der Waals surface area contributed by atoms with Crippen LogP contribution >= 0.6 is 11.3 Å². The second-order valence-electron chi connectivity index (χ2n) is 5.31. The lowest BCUT2D eigenvalue weighted by molar-refractivity contribution is -0.385. The van der Waals surface area contributed by atoms with E-state index in [9.17, 15) is 19.3 Å². The van der Waals surface area contributed by atoms with Gasteiger partial charge in [-0.1, -0.05) is 6.07 Å². The Kier molecular flexibility index (Phi) is 4.36. The van der Waals surface area contributed by atoms with E-state index >= 15 is 0 Å². The Morgan fingerprint density at radius 1 is 1.38 bits per heavy atom. The number of benzene rings is 1. The third-order valence-electron chi connectivity index (χ3n) is 3.50. The van der Waals surface area contributed by atoms with Gasteiger partial charge in [-0.15, -0.1) is 11.3 Å². The van der Waals surface area contributed by atoms with Gasteiger partial charge in [0, 0.05) is 12.6 Å². The molecular weight excluding hydrogens is 335 g/mol. The van der Waals surface area contributed by atoms with Gasteiger partial charge in [-0.2, -0.15) is 0 Å². The molecule has 0 aliphatic carbocycles. The SMILES string of the molecule is CN(Cc1nc2ccsc2c(=O)[nH]1)Cc1c(F)cccc1[N+](=O)[O-]. The molecule has 7 nitrogen and oxygen atoms in total. The van der Waals surface area contributed by atoms with Crippen LogP contribution in [-0.2, 0) is 13.1 Å². The van der Waals surface area contributed by atoms with Crippen LogP contribution in [0.2, 0.25) is 0 Å². The van der Waals surface area contributed by atoms with E-state index in [0.29, 0.717) is 16.0 Å². The summed E-state index contributed by atoms with van der Waals surface area (Å²) in [5.74, 6) is -0.210. The number of H-pyrrole nitrogens is 1. The van der Waals surface area contributed by atoms with E-state index < -0.39 is 10.7 Å². The van der Waals surface area contributed by atoms with Crippen molar-refractivity contribution in [1.29, 1.82) is 0 Å². The van der Waals surface area contributed by atoms with Crippen molar-refractivity contribution in [3.8, 4) is 0 Å². The molecule has 0 saturated carbocycles. The smallest absolute Gasteiger partial charge is 0.276 e. The van der Waals surface area contributed by atoms with Crippen molar-refractivity contribution in [3.63, 3.8) is 0 Å². The van der Waals surface area contributed by atoms with E-state index in [2.05, 4.69) is 9.97 Å². The van der Waals surface area contributed by atoms with Crippen molar-refractivity contribution in [1.82, 2.24) is 14.9 Å². The molecule has 0 saturated heterocycles. The van der Waals surface area contributed by atoms with Gasteiger partial charge in [-0.25, -0.2) is 9.37 Å². The number of thiophene rings is 1. The molecule has 2 heterocycles. The third kappa shape index (κ3) is 3.17. The first-order chi connectivity index (χ1) is 11.5. The standard InChI is InChI=1S/C15H13FN4O3S/c1-19(7-9-10(16)3-2-4-12(9)20(22)23)8-13-17-11-5-6-24-14(11)15(21)18-13/h2-6H,7-8H2,1H3,(H,17,18,21). The lowest BCUT2D eigenvalue weighted by Gasteiger charge is -2.16. The number of fused-ring (bicyclic) bond motifs is 1. The average molecular weight is 348 g/mol. The summed E-state index contributed by atoms with van der Waals surface area (Å²) in [6.45, 7) is 0.251. The number of hydrogen-bond donors (Lipinski definition) is 1. The van der Waals surface area contributed by atoms with Crippen molar-refractivity contribution >= 4 is 27.2 Å². The minimum Gasteiger partial charge on any atom is -0.308 e. The Bertz CT molecular complexity index is 969. The monoisotopic (exact) mass is 348 g/mol. The Morgan fingerprint density at radius 2 is 2.17 bits per heavy atom. The highest BCUT2D eigenvalue weighted by atomic mass is 32.1. The number of nitrogens with zero attached hydrogens (tertiary/aromatic N) is 3. The number of rotatable bonds is 5. The van der Waals surface area contributed by atoms with Gasteiger partial charge in [0.1, 0.15) is 16.3 Å². The van der Waals surface area contributed by atoms with Gasteiger partial charge in [0.05, 0.1) is 22.5 Å². The molecule has 0 spiro atoms. The predicted octanol–water partition coefficient (Wildman–Crippen LogP) is 2.66. The molecular formula is C15H13FN4O3S. The molecule has 3 rings (SSSR count). The highest BCUT2D eigenvalue weighted by Gasteiger charge is 2.19. The molecule has 0 fully saturated rings. The van der Waals surface area contributed by atoms with E-state index in [-0.39, 0.29) is 29.9 Å². The summed E-state index contributed by atoms with van der Waals surface area (Å²) in [5.41, 5.74) is 0.111. The van der Waals surface area contributed by atoms with Gasteiger partial charge in [0.15, 0.2) is 0 Å². The van der Waals surface area contributed by atoms with Crippen LogP contribution in [0.15, 0.2) is 34.4 Å². The largest absolute Gasteiger partial charge is 0.308 e. The molecule has 2 aromatic heterocycles. The van der Waals surface area contributed by atoms with Gasteiger partial charge in [-0.05, 0) is 24.6 Å². The maximum atomic E-state index is 13.9. The van der Waals surface area contributed by atoms with E-state index in [1.807, 2.05) is 0 Å². The van der Waals surface area contributed by atoms with Crippen LogP contribution in [0.4, 0.5) is 10.1 Å². The van der Waals surface area contributed by atoms with Crippen LogP contribution in [0, 0.1) is 15.9 Å². The molecule has 24 heavy (non-hydrogen) atoms. The van der Waals surface area contributed by atoms with Crippen molar-refractivity contribution in [3.05, 3.63) is 67.3 Å². The number of hydrogen-bond acceptors (Lipinski definition) is 6. The molecule has 0 aliphatic heterocycles. The van der Waals surface area contributed by atoms with E-state index in [4.69, 9.17) is 0 Å². The second kappa shape index (κ2) is 6.46. The maximum absolute atomic E-state index is 13.9. The second-order valence-corrected chi connectivity index (χ2v) is 6.23. The van der Waals surface area contributed by atoms with E-state index in [1.54, 1.807) is 23.4 Å². The highest BCUT2D eigenvalue weighted by molar-refractivity contribution is 7.17. The summed E-state index contributed by atoms with van der Waals surface area (Å²) in [6, 6.07) is 5.51. The highest BCUT2D eigenvalue weighted by Crippen LogP contribution is 2.23. The summed E-state index contributed by atoms with van der Waals surface area (Å²) < 4.78 is 14.5. The van der Waals surface area contributed by atoms with Crippen LogP contribution in [0.3, 0.4) is 0 Å². The van der Waals surface area contributed by atoms with Crippen molar-refractivity contribution in [2.75, 3.05) is 7.05 Å². The zero-order valence-corrected chi connectivity index (χ0v) is 13.5. The van der Waals surface area contributed by atoms with E-state index in [1.165, 1.54) is 29.5 Å². The average Bonchev–Trinajstić information content (AvgIpc) is 2.98. The minimum atomic E-state index is -0.634. The van der Waals surface area contributed by atoms with Crippen molar-refractivity contribution in [2.45, 2.75) is 13.1 Å². The van der Waals surface area contributed by atoms with Gasteiger partial charge in [0.2, 0.25) is 0 Å². The zero-order chi connectivity index (χ0) is 17.3. The molecule has 1 N–H and O–H groups in total. The molecule has 0 atom stereocenters. The van der Waals surface area contributed by atoms with Crippen molar-refractivity contribution in [2.24, 2.45) is 0 Å². The molecule has 124 valence electrons. The van der Waals surface area contributed by atoms with Crippen molar-refractivity contribution < 1.29 is 9.31 Å². The molecule has 0 bridgehead atoms. The van der Waals surface area contributed by atoms with Gasteiger partial charge < -0.3 is 4.98 Å². The molecule has 0 amide bonds. The fourth-order valence-corrected chi connectivity index (χ4v) is 3.18. The first kappa shape index (κ1) is 16.2. The maximum Gasteiger partial charge on any atom is 0.276 e. The quantitative estimate of drug-likeness (QED) is 0.565. The van der Waals surface area contributed by atoms with Crippen LogP contribution < -0.4 is 5.56 Å². The molecule has 3 aromatic rings. The number of nitro benzene ring substituents is 1. The van der Waals surface area contributed by atoms with Gasteiger partial charge >= 0.3 is 0 Å². The molecule has 1 aromatic carbocycles. The molecule has 0 aliphatic rings. The first-order valence-electron chi connectivity index (χ1n) is 7.02. The fourth-order valence-electron chi connectivity index (χ4n) is 2.45. The molecule has 9 heteroatoms. The normalized spacial score (nSPS) is 11.3. The van der Waals surface area contributed by atoms with Gasteiger partial charge in [-0.3, -0.25) is 19.8 Å². The molecule has 0 unspecified atom stereocenters. The third-order valence-corrected chi connectivity index (χ3v) is 4.40. The predicted molar refractivity (Wildman–Crippen MR) is 88.5 cm³/mol. The number of nitro groups is 1.